The first-order valence-electron chi connectivity index (χ1n) is 5.31. The van der Waals surface area contributed by atoms with Crippen molar-refractivity contribution in [3.8, 4) is 0 Å². The van der Waals surface area contributed by atoms with Gasteiger partial charge in [-0.1, -0.05) is 22.0 Å². The lowest BCUT2D eigenvalue weighted by molar-refractivity contribution is -0.144. The largest absolute Gasteiger partial charge is 0.481 e. The number of hydrogen-bond acceptors (Lipinski definition) is 2. The lowest BCUT2D eigenvalue weighted by Gasteiger charge is -2.18. The maximum absolute atomic E-state index is 11.9. The van der Waals surface area contributed by atoms with Crippen molar-refractivity contribution >= 4 is 33.5 Å². The smallest absolute Gasteiger partial charge is 0.316 e. The van der Waals surface area contributed by atoms with Gasteiger partial charge in [0.05, 0.1) is 0 Å². The molecule has 0 aromatic heterocycles. The molecule has 0 bridgehead atoms. The Morgan fingerprint density at radius 2 is 2.24 bits per heavy atom. The number of aryl methyl sites for hydroxylation is 1. The first kappa shape index (κ1) is 12.1. The van der Waals surface area contributed by atoms with Crippen LogP contribution in [0.2, 0.25) is 0 Å². The number of anilines is 1. The maximum Gasteiger partial charge on any atom is 0.316 e. The van der Waals surface area contributed by atoms with Crippen LogP contribution in [0.5, 0.6) is 0 Å². The van der Waals surface area contributed by atoms with Crippen LogP contribution in [0.3, 0.4) is 0 Å². The molecular weight excluding hydrogens is 286 g/mol. The van der Waals surface area contributed by atoms with Gasteiger partial charge in [-0.3, -0.25) is 9.59 Å². The van der Waals surface area contributed by atoms with Gasteiger partial charge in [0, 0.05) is 16.7 Å². The lowest BCUT2D eigenvalue weighted by atomic mass is 10.1. The van der Waals surface area contributed by atoms with Crippen LogP contribution < -0.4 is 4.90 Å². The van der Waals surface area contributed by atoms with Crippen LogP contribution in [0.1, 0.15) is 12.0 Å². The summed E-state index contributed by atoms with van der Waals surface area (Å²) < 4.78 is 0.879. The van der Waals surface area contributed by atoms with E-state index in [0.717, 1.165) is 15.7 Å². The summed E-state index contributed by atoms with van der Waals surface area (Å²) in [6, 6.07) is 5.65. The van der Waals surface area contributed by atoms with Gasteiger partial charge in [-0.25, -0.2) is 0 Å². The van der Waals surface area contributed by atoms with Gasteiger partial charge in [-0.15, -0.1) is 0 Å². The Hall–Kier alpha value is -1.36. The number of nitrogens with zero attached hydrogens (tertiary/aromatic N) is 1. The highest BCUT2D eigenvalue weighted by Gasteiger charge is 2.37. The Morgan fingerprint density at radius 1 is 1.53 bits per heavy atom. The van der Waals surface area contributed by atoms with Crippen molar-refractivity contribution in [1.29, 1.82) is 0 Å². The second-order valence-corrected chi connectivity index (χ2v) is 5.02. The van der Waals surface area contributed by atoms with Crippen LogP contribution in [-0.2, 0) is 9.59 Å². The number of hydrogen-bond donors (Lipinski definition) is 1. The first-order chi connectivity index (χ1) is 8.00. The molecule has 1 aliphatic heterocycles. The van der Waals surface area contributed by atoms with Crippen LogP contribution >= 0.6 is 15.9 Å². The number of carbonyl (C=O) groups is 2. The van der Waals surface area contributed by atoms with Gasteiger partial charge in [-0.2, -0.15) is 0 Å². The molecule has 17 heavy (non-hydrogen) atoms. The third-order valence-corrected chi connectivity index (χ3v) is 3.46. The fourth-order valence-electron chi connectivity index (χ4n) is 2.02. The molecular formula is C12H12BrNO3. The lowest BCUT2D eigenvalue weighted by Crippen LogP contribution is -2.30. The summed E-state index contributed by atoms with van der Waals surface area (Å²) in [7, 11) is 0. The summed E-state index contributed by atoms with van der Waals surface area (Å²) in [4.78, 5) is 24.4. The molecule has 1 N–H and O–H groups in total. The van der Waals surface area contributed by atoms with Crippen molar-refractivity contribution in [1.82, 2.24) is 0 Å². The topological polar surface area (TPSA) is 57.6 Å². The number of benzene rings is 1. The van der Waals surface area contributed by atoms with Gasteiger partial charge in [0.15, 0.2) is 0 Å². The molecule has 1 amide bonds. The Labute approximate surface area is 107 Å². The van der Waals surface area contributed by atoms with Gasteiger partial charge in [0.25, 0.3) is 0 Å². The Morgan fingerprint density at radius 3 is 2.82 bits per heavy atom. The number of rotatable bonds is 2. The summed E-state index contributed by atoms with van der Waals surface area (Å²) in [6.45, 7) is 2.37. The second kappa shape index (κ2) is 4.49. The minimum Gasteiger partial charge on any atom is -0.481 e. The monoisotopic (exact) mass is 297 g/mol. The quantitative estimate of drug-likeness (QED) is 0.852. The summed E-state index contributed by atoms with van der Waals surface area (Å²) >= 11 is 3.35. The molecule has 90 valence electrons. The van der Waals surface area contributed by atoms with Crippen molar-refractivity contribution in [2.45, 2.75) is 13.3 Å². The van der Waals surface area contributed by atoms with E-state index < -0.39 is 11.9 Å². The molecule has 1 fully saturated rings. The third kappa shape index (κ3) is 2.20. The minimum absolute atomic E-state index is 0.321. The normalized spacial score (nSPS) is 19.8. The molecule has 2 rings (SSSR count). The van der Waals surface area contributed by atoms with E-state index in [0.29, 0.717) is 13.0 Å². The molecule has 1 saturated heterocycles. The highest BCUT2D eigenvalue weighted by molar-refractivity contribution is 9.10. The predicted octanol–water partition coefficient (Wildman–Crippen LogP) is 2.20. The number of carboxylic acids is 1. The van der Waals surface area contributed by atoms with E-state index in [1.54, 1.807) is 4.90 Å². The molecule has 0 saturated carbocycles. The van der Waals surface area contributed by atoms with Crippen LogP contribution in [0.4, 0.5) is 5.69 Å². The van der Waals surface area contributed by atoms with Crippen molar-refractivity contribution < 1.29 is 14.7 Å². The summed E-state index contributed by atoms with van der Waals surface area (Å²) in [6.07, 6.45) is 0.375. The average Bonchev–Trinajstić information content (AvgIpc) is 2.64. The molecule has 1 atom stereocenters. The standard InChI is InChI=1S/C12H12BrNO3/c1-7-2-3-8(13)6-10(7)14-5-4-9(11(14)15)12(16)17/h2-3,6,9H,4-5H2,1H3,(H,16,17). The van der Waals surface area contributed by atoms with Gasteiger partial charge >= 0.3 is 5.97 Å². The van der Waals surface area contributed by atoms with E-state index in [1.807, 2.05) is 25.1 Å². The third-order valence-electron chi connectivity index (χ3n) is 2.97. The van der Waals surface area contributed by atoms with Gasteiger partial charge in [0.2, 0.25) is 5.91 Å². The van der Waals surface area contributed by atoms with E-state index in [1.165, 1.54) is 0 Å². The predicted molar refractivity (Wildman–Crippen MR) is 67.0 cm³/mol. The van der Waals surface area contributed by atoms with Crippen LogP contribution in [-0.4, -0.2) is 23.5 Å². The first-order valence-corrected chi connectivity index (χ1v) is 6.10. The summed E-state index contributed by atoms with van der Waals surface area (Å²) in [5, 5.41) is 8.92. The van der Waals surface area contributed by atoms with Crippen LogP contribution in [0.25, 0.3) is 0 Å². The zero-order valence-corrected chi connectivity index (χ0v) is 10.9. The summed E-state index contributed by atoms with van der Waals surface area (Å²) in [5.74, 6) is -2.25. The highest BCUT2D eigenvalue weighted by Crippen LogP contribution is 2.30. The zero-order chi connectivity index (χ0) is 12.6. The molecule has 5 heteroatoms. The Balaban J connectivity index is 2.33. The fraction of sp³-hybridized carbons (Fsp3) is 0.333. The van der Waals surface area contributed by atoms with E-state index in [9.17, 15) is 9.59 Å². The molecule has 1 heterocycles. The molecule has 0 aliphatic carbocycles. The molecule has 0 radical (unpaired) electrons. The van der Waals surface area contributed by atoms with Gasteiger partial charge in [0.1, 0.15) is 5.92 Å². The molecule has 4 nitrogen and oxygen atoms in total. The number of aliphatic carboxylic acids is 1. The Kier molecular flexibility index (Phi) is 3.19. The van der Waals surface area contributed by atoms with E-state index in [4.69, 9.17) is 5.11 Å². The number of amides is 1. The summed E-state index contributed by atoms with van der Waals surface area (Å²) in [5.41, 5.74) is 1.75. The van der Waals surface area contributed by atoms with E-state index in [2.05, 4.69) is 15.9 Å². The van der Waals surface area contributed by atoms with Crippen molar-refractivity contribution in [3.63, 3.8) is 0 Å². The van der Waals surface area contributed by atoms with E-state index >= 15 is 0 Å². The highest BCUT2D eigenvalue weighted by atomic mass is 79.9. The van der Waals surface area contributed by atoms with E-state index in [-0.39, 0.29) is 5.91 Å². The van der Waals surface area contributed by atoms with Crippen molar-refractivity contribution in [2.24, 2.45) is 5.92 Å². The van der Waals surface area contributed by atoms with Crippen LogP contribution in [0.15, 0.2) is 22.7 Å². The molecule has 1 unspecified atom stereocenters. The number of halogens is 1. The Bertz CT molecular complexity index is 487. The zero-order valence-electron chi connectivity index (χ0n) is 9.31. The molecule has 1 aromatic carbocycles. The van der Waals surface area contributed by atoms with Crippen LogP contribution in [0, 0.1) is 12.8 Å². The van der Waals surface area contributed by atoms with Crippen molar-refractivity contribution in [3.05, 3.63) is 28.2 Å². The average molecular weight is 298 g/mol. The van der Waals surface area contributed by atoms with Crippen molar-refractivity contribution in [2.75, 3.05) is 11.4 Å². The minimum atomic E-state index is -1.04. The number of carboxylic acid groups (broad SMARTS) is 1. The number of carbonyl (C=O) groups excluding carboxylic acids is 1. The SMILES string of the molecule is Cc1ccc(Br)cc1N1CCC(C(=O)O)C1=O. The second-order valence-electron chi connectivity index (χ2n) is 4.10. The molecule has 1 aromatic rings. The fourth-order valence-corrected chi connectivity index (χ4v) is 2.37. The molecule has 0 spiro atoms. The van der Waals surface area contributed by atoms with Gasteiger partial charge < -0.3 is 10.0 Å². The molecule has 1 aliphatic rings. The maximum atomic E-state index is 11.9. The van der Waals surface area contributed by atoms with Gasteiger partial charge in [-0.05, 0) is 31.0 Å².